The van der Waals surface area contributed by atoms with Crippen molar-refractivity contribution in [3.05, 3.63) is 28.7 Å². The first-order chi connectivity index (χ1) is 8.33. The number of hydrogen-bond donors (Lipinski definition) is 3. The first kappa shape index (κ1) is 15.1. The number of aliphatic carboxylic acids is 1. The Morgan fingerprint density at radius 3 is 2.39 bits per heavy atom. The number of halogens is 1. The molecular weight excluding hydrogens is 326 g/mol. The molecule has 3 N–H and O–H groups in total. The highest BCUT2D eigenvalue weighted by atomic mass is 79.9. The van der Waals surface area contributed by atoms with Crippen molar-refractivity contribution in [3.63, 3.8) is 0 Å². The lowest BCUT2D eigenvalue weighted by molar-refractivity contribution is -0.146. The maximum Gasteiger partial charge on any atom is 0.332 e. The molecule has 18 heavy (non-hydrogen) atoms. The Bertz CT molecular complexity index is 514. The van der Waals surface area contributed by atoms with Crippen LogP contribution in [0.4, 0.5) is 0 Å². The molecular formula is C10H12BrNO5S. The summed E-state index contributed by atoms with van der Waals surface area (Å²) in [6.45, 7) is -0.147. The van der Waals surface area contributed by atoms with Crippen LogP contribution in [0.25, 0.3) is 0 Å². The van der Waals surface area contributed by atoms with E-state index in [2.05, 4.69) is 20.7 Å². The smallest absolute Gasteiger partial charge is 0.332 e. The van der Waals surface area contributed by atoms with Crippen LogP contribution in [-0.4, -0.2) is 37.2 Å². The first-order valence-electron chi connectivity index (χ1n) is 4.99. The molecule has 8 heteroatoms. The Morgan fingerprint density at radius 2 is 1.89 bits per heavy atom. The molecule has 0 amide bonds. The third kappa shape index (κ3) is 4.37. The van der Waals surface area contributed by atoms with Gasteiger partial charge in [-0.15, -0.1) is 0 Å². The predicted octanol–water partition coefficient (Wildman–Crippen LogP) is 0.563. The van der Waals surface area contributed by atoms with E-state index in [0.29, 0.717) is 0 Å². The van der Waals surface area contributed by atoms with E-state index in [4.69, 9.17) is 10.2 Å². The number of carbonyl (C=O) groups is 1. The van der Waals surface area contributed by atoms with Gasteiger partial charge in [0.1, 0.15) is 0 Å². The Kier molecular flexibility index (Phi) is 5.27. The number of nitrogens with one attached hydrogen (secondary N) is 1. The van der Waals surface area contributed by atoms with Crippen LogP contribution in [-0.2, 0) is 14.8 Å². The SMILES string of the molecule is O=C(O)C(O)CCNS(=O)(=O)c1ccc(Br)cc1. The molecule has 1 aromatic carbocycles. The summed E-state index contributed by atoms with van der Waals surface area (Å²) in [6.07, 6.45) is -1.76. The zero-order valence-electron chi connectivity index (χ0n) is 9.21. The van der Waals surface area contributed by atoms with Gasteiger partial charge >= 0.3 is 5.97 Å². The lowest BCUT2D eigenvalue weighted by Crippen LogP contribution is -2.30. The number of aliphatic hydroxyl groups is 1. The van der Waals surface area contributed by atoms with E-state index in [0.717, 1.165) is 4.47 Å². The highest BCUT2D eigenvalue weighted by Crippen LogP contribution is 2.14. The molecule has 0 radical (unpaired) electrons. The van der Waals surface area contributed by atoms with Gasteiger partial charge in [0.15, 0.2) is 6.10 Å². The monoisotopic (exact) mass is 337 g/mol. The third-order valence-corrected chi connectivity index (χ3v) is 4.12. The van der Waals surface area contributed by atoms with E-state index in [-0.39, 0.29) is 17.9 Å². The summed E-state index contributed by atoms with van der Waals surface area (Å²) in [5.74, 6) is -1.38. The summed E-state index contributed by atoms with van der Waals surface area (Å²) in [7, 11) is -3.67. The van der Waals surface area contributed by atoms with Crippen LogP contribution in [0.3, 0.4) is 0 Å². The molecule has 0 aliphatic rings. The molecule has 0 saturated carbocycles. The van der Waals surface area contributed by atoms with Gasteiger partial charge < -0.3 is 10.2 Å². The fraction of sp³-hybridized carbons (Fsp3) is 0.300. The zero-order chi connectivity index (χ0) is 13.8. The van der Waals surface area contributed by atoms with Gasteiger partial charge in [-0.3, -0.25) is 0 Å². The number of sulfonamides is 1. The van der Waals surface area contributed by atoms with Crippen molar-refractivity contribution >= 4 is 31.9 Å². The highest BCUT2D eigenvalue weighted by molar-refractivity contribution is 9.10. The highest BCUT2D eigenvalue weighted by Gasteiger charge is 2.16. The second-order valence-corrected chi connectivity index (χ2v) is 6.18. The number of carboxylic acid groups (broad SMARTS) is 1. The van der Waals surface area contributed by atoms with Gasteiger partial charge in [0.05, 0.1) is 4.90 Å². The summed E-state index contributed by atoms with van der Waals surface area (Å²) >= 11 is 3.19. The second kappa shape index (κ2) is 6.28. The van der Waals surface area contributed by atoms with Crippen LogP contribution in [0, 0.1) is 0 Å². The van der Waals surface area contributed by atoms with Crippen molar-refractivity contribution in [3.8, 4) is 0 Å². The van der Waals surface area contributed by atoms with Gasteiger partial charge in [0.25, 0.3) is 0 Å². The van der Waals surface area contributed by atoms with Crippen LogP contribution in [0.5, 0.6) is 0 Å². The Balaban J connectivity index is 2.60. The number of rotatable bonds is 6. The molecule has 0 saturated heterocycles. The van der Waals surface area contributed by atoms with Gasteiger partial charge in [0, 0.05) is 11.0 Å². The maximum absolute atomic E-state index is 11.7. The van der Waals surface area contributed by atoms with Gasteiger partial charge in [-0.1, -0.05) is 15.9 Å². The molecule has 100 valence electrons. The molecule has 1 rings (SSSR count). The average molecular weight is 338 g/mol. The normalized spacial score (nSPS) is 13.2. The number of aliphatic hydroxyl groups excluding tert-OH is 1. The average Bonchev–Trinajstić information content (AvgIpc) is 2.29. The van der Waals surface area contributed by atoms with Crippen molar-refractivity contribution in [1.82, 2.24) is 4.72 Å². The minimum Gasteiger partial charge on any atom is -0.479 e. The molecule has 0 aromatic heterocycles. The summed E-state index contributed by atoms with van der Waals surface area (Å²) in [5.41, 5.74) is 0. The Labute approximate surface area is 113 Å². The lowest BCUT2D eigenvalue weighted by Gasteiger charge is -2.08. The molecule has 0 aliphatic heterocycles. The van der Waals surface area contributed by atoms with E-state index >= 15 is 0 Å². The Morgan fingerprint density at radius 1 is 1.33 bits per heavy atom. The molecule has 1 aromatic rings. The molecule has 0 spiro atoms. The fourth-order valence-corrected chi connectivity index (χ4v) is 2.46. The molecule has 0 heterocycles. The summed E-state index contributed by atoms with van der Waals surface area (Å²) in [5, 5.41) is 17.4. The summed E-state index contributed by atoms with van der Waals surface area (Å²) < 4.78 is 26.4. The van der Waals surface area contributed by atoms with Crippen molar-refractivity contribution in [2.45, 2.75) is 17.4 Å². The molecule has 1 atom stereocenters. The van der Waals surface area contributed by atoms with Gasteiger partial charge in [0.2, 0.25) is 10.0 Å². The van der Waals surface area contributed by atoms with E-state index in [1.807, 2.05) is 0 Å². The Hall–Kier alpha value is -0.960. The van der Waals surface area contributed by atoms with Crippen molar-refractivity contribution in [1.29, 1.82) is 0 Å². The third-order valence-electron chi connectivity index (χ3n) is 2.12. The molecule has 6 nitrogen and oxygen atoms in total. The predicted molar refractivity (Wildman–Crippen MR) is 67.6 cm³/mol. The molecule has 0 bridgehead atoms. The van der Waals surface area contributed by atoms with Crippen LogP contribution in [0.1, 0.15) is 6.42 Å². The van der Waals surface area contributed by atoms with Crippen LogP contribution >= 0.6 is 15.9 Å². The number of hydrogen-bond acceptors (Lipinski definition) is 4. The lowest BCUT2D eigenvalue weighted by atomic mass is 10.3. The van der Waals surface area contributed by atoms with Crippen molar-refractivity contribution in [2.24, 2.45) is 0 Å². The van der Waals surface area contributed by atoms with Gasteiger partial charge in [-0.25, -0.2) is 17.9 Å². The minimum absolute atomic E-state index is 0.0792. The van der Waals surface area contributed by atoms with Crippen LogP contribution < -0.4 is 4.72 Å². The van der Waals surface area contributed by atoms with E-state index in [1.54, 1.807) is 12.1 Å². The fourth-order valence-electron chi connectivity index (χ4n) is 1.15. The van der Waals surface area contributed by atoms with E-state index in [9.17, 15) is 13.2 Å². The maximum atomic E-state index is 11.7. The summed E-state index contributed by atoms with van der Waals surface area (Å²) in [6, 6.07) is 6.00. The van der Waals surface area contributed by atoms with E-state index < -0.39 is 22.1 Å². The number of carboxylic acids is 1. The topological polar surface area (TPSA) is 104 Å². The van der Waals surface area contributed by atoms with E-state index in [1.165, 1.54) is 12.1 Å². The largest absolute Gasteiger partial charge is 0.479 e. The second-order valence-electron chi connectivity index (χ2n) is 3.49. The minimum atomic E-state index is -3.67. The van der Waals surface area contributed by atoms with Crippen LogP contribution in [0.2, 0.25) is 0 Å². The standard InChI is InChI=1S/C10H12BrNO5S/c11-7-1-3-8(4-2-7)18(16,17)12-6-5-9(13)10(14)15/h1-4,9,12-13H,5-6H2,(H,14,15). The zero-order valence-corrected chi connectivity index (χ0v) is 11.6. The first-order valence-corrected chi connectivity index (χ1v) is 7.26. The summed E-state index contributed by atoms with van der Waals surface area (Å²) in [4.78, 5) is 10.4. The molecule has 1 unspecified atom stereocenters. The van der Waals surface area contributed by atoms with Crippen molar-refractivity contribution in [2.75, 3.05) is 6.54 Å². The van der Waals surface area contributed by atoms with Gasteiger partial charge in [-0.2, -0.15) is 0 Å². The van der Waals surface area contributed by atoms with Gasteiger partial charge in [-0.05, 0) is 30.7 Å². The number of benzene rings is 1. The molecule has 0 fully saturated rings. The quantitative estimate of drug-likeness (QED) is 0.703. The van der Waals surface area contributed by atoms with Crippen molar-refractivity contribution < 1.29 is 23.4 Å². The molecule has 0 aliphatic carbocycles. The van der Waals surface area contributed by atoms with Crippen LogP contribution in [0.15, 0.2) is 33.6 Å².